The van der Waals surface area contributed by atoms with Gasteiger partial charge in [-0.15, -0.1) is 0 Å². The van der Waals surface area contributed by atoms with Gasteiger partial charge in [-0.1, -0.05) is 34.1 Å². The van der Waals surface area contributed by atoms with Crippen LogP contribution < -0.4 is 9.46 Å². The molecule has 0 bridgehead atoms. The molecule has 0 saturated carbocycles. The van der Waals surface area contributed by atoms with Gasteiger partial charge in [0, 0.05) is 29.5 Å². The summed E-state index contributed by atoms with van der Waals surface area (Å²) in [7, 11) is -2.35. The molecule has 1 atom stereocenters. The Hall–Kier alpha value is -2.23. The molecule has 0 fully saturated rings. The van der Waals surface area contributed by atoms with Gasteiger partial charge in [-0.2, -0.15) is 4.72 Å². The quantitative estimate of drug-likeness (QED) is 0.573. The Labute approximate surface area is 171 Å². The van der Waals surface area contributed by atoms with Crippen molar-refractivity contribution in [3.8, 4) is 5.75 Å². The molecule has 0 radical (unpaired) electrons. The molecule has 0 aliphatic heterocycles. The van der Waals surface area contributed by atoms with E-state index in [-0.39, 0.29) is 16.2 Å². The lowest BCUT2D eigenvalue weighted by atomic mass is 10.1. The van der Waals surface area contributed by atoms with Gasteiger partial charge in [0.05, 0.1) is 6.61 Å². The van der Waals surface area contributed by atoms with Crippen molar-refractivity contribution in [2.45, 2.75) is 17.9 Å². The van der Waals surface area contributed by atoms with Crippen LogP contribution >= 0.6 is 15.9 Å². The number of rotatable bonds is 7. The van der Waals surface area contributed by atoms with E-state index in [1.54, 1.807) is 49.0 Å². The molecule has 1 heterocycles. The summed E-state index contributed by atoms with van der Waals surface area (Å²) in [5, 5.41) is 0. The first-order valence-corrected chi connectivity index (χ1v) is 10.8. The van der Waals surface area contributed by atoms with Crippen LogP contribution in [0.1, 0.15) is 24.4 Å². The second-order valence-electron chi connectivity index (χ2n) is 6.00. The SMILES string of the molecule is CCOc1ccc(Br)cc1S(=O)(=O)NC(c1ccccc1F)c1nccn1C. The van der Waals surface area contributed by atoms with E-state index in [0.717, 1.165) is 0 Å². The number of halogens is 2. The lowest BCUT2D eigenvalue weighted by Gasteiger charge is -2.21. The Morgan fingerprint density at radius 1 is 1.29 bits per heavy atom. The minimum atomic E-state index is -4.07. The number of sulfonamides is 1. The van der Waals surface area contributed by atoms with Crippen LogP contribution in [0.15, 0.2) is 64.2 Å². The predicted molar refractivity (Wildman–Crippen MR) is 107 cm³/mol. The zero-order valence-corrected chi connectivity index (χ0v) is 17.7. The Morgan fingerprint density at radius 2 is 2.04 bits per heavy atom. The third kappa shape index (κ3) is 4.26. The number of hydrogen-bond acceptors (Lipinski definition) is 4. The molecule has 148 valence electrons. The lowest BCUT2D eigenvalue weighted by molar-refractivity contribution is 0.331. The van der Waals surface area contributed by atoms with Gasteiger partial charge in [-0.05, 0) is 31.2 Å². The number of imidazole rings is 1. The molecule has 3 aromatic rings. The van der Waals surface area contributed by atoms with Crippen molar-refractivity contribution in [2.24, 2.45) is 7.05 Å². The molecule has 9 heteroatoms. The summed E-state index contributed by atoms with van der Waals surface area (Å²) >= 11 is 3.29. The highest BCUT2D eigenvalue weighted by atomic mass is 79.9. The number of nitrogens with one attached hydrogen (secondary N) is 1. The van der Waals surface area contributed by atoms with Crippen LogP contribution in [0, 0.1) is 5.82 Å². The molecule has 6 nitrogen and oxygen atoms in total. The topological polar surface area (TPSA) is 73.2 Å². The van der Waals surface area contributed by atoms with E-state index in [1.165, 1.54) is 24.4 Å². The monoisotopic (exact) mass is 467 g/mol. The fourth-order valence-corrected chi connectivity index (χ4v) is 4.66. The van der Waals surface area contributed by atoms with Crippen molar-refractivity contribution in [3.63, 3.8) is 0 Å². The fourth-order valence-electron chi connectivity index (χ4n) is 2.81. The van der Waals surface area contributed by atoms with Gasteiger partial charge in [0.25, 0.3) is 0 Å². The van der Waals surface area contributed by atoms with E-state index in [0.29, 0.717) is 16.9 Å². The summed E-state index contributed by atoms with van der Waals surface area (Å²) in [6.45, 7) is 2.07. The van der Waals surface area contributed by atoms with Crippen LogP contribution in [0.25, 0.3) is 0 Å². The average molecular weight is 468 g/mol. The average Bonchev–Trinajstić information content (AvgIpc) is 3.08. The van der Waals surface area contributed by atoms with Crippen LogP contribution in [0.5, 0.6) is 5.75 Å². The Morgan fingerprint density at radius 3 is 2.68 bits per heavy atom. The molecule has 0 amide bonds. The Balaban J connectivity index is 2.10. The second kappa shape index (κ2) is 8.42. The molecule has 0 aliphatic rings. The Bertz CT molecular complexity index is 1090. The van der Waals surface area contributed by atoms with Crippen LogP contribution in [0.3, 0.4) is 0 Å². The molecule has 1 aromatic heterocycles. The van der Waals surface area contributed by atoms with E-state index in [9.17, 15) is 12.8 Å². The standard InChI is InChI=1S/C19H19BrFN3O3S/c1-3-27-16-9-8-13(20)12-17(16)28(25,26)23-18(19-22-10-11-24(19)2)14-6-4-5-7-15(14)21/h4-12,18,23H,3H2,1-2H3. The summed E-state index contributed by atoms with van der Waals surface area (Å²) < 4.78 is 51.2. The van der Waals surface area contributed by atoms with Crippen molar-refractivity contribution >= 4 is 26.0 Å². The minimum absolute atomic E-state index is 0.0423. The molecule has 0 saturated heterocycles. The predicted octanol–water partition coefficient (Wildman–Crippen LogP) is 3.79. The molecule has 0 aliphatic carbocycles. The van der Waals surface area contributed by atoms with Crippen molar-refractivity contribution in [1.29, 1.82) is 0 Å². The molecule has 1 unspecified atom stereocenters. The fraction of sp³-hybridized carbons (Fsp3) is 0.211. The highest BCUT2D eigenvalue weighted by molar-refractivity contribution is 9.10. The molecular weight excluding hydrogens is 449 g/mol. The van der Waals surface area contributed by atoms with E-state index in [4.69, 9.17) is 4.74 Å². The van der Waals surface area contributed by atoms with Gasteiger partial charge in [0.1, 0.15) is 28.3 Å². The number of benzene rings is 2. The van der Waals surface area contributed by atoms with Crippen molar-refractivity contribution < 1.29 is 17.5 Å². The molecule has 1 N–H and O–H groups in total. The van der Waals surface area contributed by atoms with Crippen LogP contribution in [-0.4, -0.2) is 24.6 Å². The summed E-state index contributed by atoms with van der Waals surface area (Å²) in [5.41, 5.74) is 0.174. The molecular formula is C19H19BrFN3O3S. The maximum atomic E-state index is 14.5. The van der Waals surface area contributed by atoms with Crippen LogP contribution in [0.4, 0.5) is 4.39 Å². The molecule has 28 heavy (non-hydrogen) atoms. The van der Waals surface area contributed by atoms with Gasteiger partial charge in [-0.25, -0.2) is 17.8 Å². The molecule has 2 aromatic carbocycles. The Kier molecular flexibility index (Phi) is 6.17. The molecule has 0 spiro atoms. The van der Waals surface area contributed by atoms with Crippen LogP contribution in [0.2, 0.25) is 0 Å². The van der Waals surface area contributed by atoms with E-state index >= 15 is 0 Å². The van der Waals surface area contributed by atoms with E-state index < -0.39 is 21.9 Å². The summed E-state index contributed by atoms with van der Waals surface area (Å²) in [5.74, 6) is 0.0458. The summed E-state index contributed by atoms with van der Waals surface area (Å²) in [6, 6.07) is 9.70. The third-order valence-corrected chi connectivity index (χ3v) is 6.04. The maximum Gasteiger partial charge on any atom is 0.245 e. The van der Waals surface area contributed by atoms with Crippen LogP contribution in [-0.2, 0) is 17.1 Å². The number of nitrogens with zero attached hydrogens (tertiary/aromatic N) is 2. The van der Waals surface area contributed by atoms with E-state index in [1.807, 2.05) is 0 Å². The highest BCUT2D eigenvalue weighted by Gasteiger charge is 2.29. The normalized spacial score (nSPS) is 12.7. The van der Waals surface area contributed by atoms with Gasteiger partial charge < -0.3 is 9.30 Å². The zero-order chi connectivity index (χ0) is 20.3. The smallest absolute Gasteiger partial charge is 0.245 e. The van der Waals surface area contributed by atoms with Gasteiger partial charge in [0.2, 0.25) is 10.0 Å². The number of aromatic nitrogens is 2. The highest BCUT2D eigenvalue weighted by Crippen LogP contribution is 2.31. The van der Waals surface area contributed by atoms with Gasteiger partial charge >= 0.3 is 0 Å². The first kappa shape index (κ1) is 20.5. The summed E-state index contributed by atoms with van der Waals surface area (Å²) in [4.78, 5) is 4.17. The van der Waals surface area contributed by atoms with E-state index in [2.05, 4.69) is 25.6 Å². The largest absolute Gasteiger partial charge is 0.492 e. The maximum absolute atomic E-state index is 14.5. The van der Waals surface area contributed by atoms with Crippen molar-refractivity contribution in [2.75, 3.05) is 6.61 Å². The zero-order valence-electron chi connectivity index (χ0n) is 15.3. The lowest BCUT2D eigenvalue weighted by Crippen LogP contribution is -2.32. The minimum Gasteiger partial charge on any atom is -0.492 e. The second-order valence-corrected chi connectivity index (χ2v) is 8.59. The summed E-state index contributed by atoms with van der Waals surface area (Å²) in [6.07, 6.45) is 3.20. The number of ether oxygens (including phenoxy) is 1. The van der Waals surface area contributed by atoms with Crippen molar-refractivity contribution in [3.05, 3.63) is 76.5 Å². The van der Waals surface area contributed by atoms with Gasteiger partial charge in [-0.3, -0.25) is 0 Å². The van der Waals surface area contributed by atoms with Crippen molar-refractivity contribution in [1.82, 2.24) is 14.3 Å². The number of hydrogen-bond donors (Lipinski definition) is 1. The first-order valence-electron chi connectivity index (χ1n) is 8.50. The molecule has 3 rings (SSSR count). The number of aryl methyl sites for hydroxylation is 1. The first-order chi connectivity index (χ1) is 13.3. The van der Waals surface area contributed by atoms with Gasteiger partial charge in [0.15, 0.2) is 0 Å². The third-order valence-electron chi connectivity index (χ3n) is 4.10.